The molecule has 1 aromatic heterocycles. The summed E-state index contributed by atoms with van der Waals surface area (Å²) in [5, 5.41) is 0. The fourth-order valence-corrected chi connectivity index (χ4v) is 1.82. The third-order valence-electron chi connectivity index (χ3n) is 2.67. The van der Waals surface area contributed by atoms with E-state index in [1.54, 1.807) is 38.1 Å². The Bertz CT molecular complexity index is 550. The van der Waals surface area contributed by atoms with Crippen molar-refractivity contribution in [2.75, 3.05) is 0 Å². The molecule has 1 aliphatic heterocycles. The van der Waals surface area contributed by atoms with Crippen molar-refractivity contribution < 1.29 is 18.7 Å². The third kappa shape index (κ3) is 2.07. The molecular formula is C13H13NO4. The van der Waals surface area contributed by atoms with E-state index in [1.807, 2.05) is 0 Å². The van der Waals surface area contributed by atoms with Gasteiger partial charge in [-0.05, 0) is 32.1 Å². The maximum atomic E-state index is 11.6. The van der Waals surface area contributed by atoms with Gasteiger partial charge in [0.05, 0.1) is 6.26 Å². The molecule has 0 saturated carbocycles. The number of ether oxygens (including phenoxy) is 1. The van der Waals surface area contributed by atoms with E-state index >= 15 is 0 Å². The lowest BCUT2D eigenvalue weighted by molar-refractivity contribution is -0.145. The van der Waals surface area contributed by atoms with E-state index in [2.05, 4.69) is 0 Å². The summed E-state index contributed by atoms with van der Waals surface area (Å²) < 4.78 is 10.2. The minimum absolute atomic E-state index is 0.109. The minimum atomic E-state index is -0.870. The highest BCUT2D eigenvalue weighted by atomic mass is 16.6. The number of hydrogen-bond donors (Lipinski definition) is 1. The first-order valence-electron chi connectivity index (χ1n) is 5.41. The van der Waals surface area contributed by atoms with E-state index in [9.17, 15) is 9.59 Å². The van der Waals surface area contributed by atoms with Crippen molar-refractivity contribution in [3.8, 4) is 0 Å². The number of carbonyl (C=O) groups excluding carboxylic acids is 2. The van der Waals surface area contributed by atoms with Gasteiger partial charge in [0, 0.05) is 5.57 Å². The summed E-state index contributed by atoms with van der Waals surface area (Å²) in [4.78, 5) is 22.8. The van der Waals surface area contributed by atoms with Crippen LogP contribution < -0.4 is 5.73 Å². The molecule has 2 N–H and O–H groups in total. The second kappa shape index (κ2) is 4.18. The average molecular weight is 247 g/mol. The summed E-state index contributed by atoms with van der Waals surface area (Å²) in [5.74, 6) is -0.863. The third-order valence-corrected chi connectivity index (χ3v) is 2.67. The molecule has 0 bridgehead atoms. The summed E-state index contributed by atoms with van der Waals surface area (Å²) in [6, 6.07) is 3.50. The largest absolute Gasteiger partial charge is 0.465 e. The van der Waals surface area contributed by atoms with Gasteiger partial charge in [0.25, 0.3) is 5.91 Å². The van der Waals surface area contributed by atoms with Crippen molar-refractivity contribution in [2.45, 2.75) is 19.4 Å². The van der Waals surface area contributed by atoms with Crippen molar-refractivity contribution in [3.63, 3.8) is 0 Å². The Morgan fingerprint density at radius 3 is 2.67 bits per heavy atom. The zero-order valence-corrected chi connectivity index (χ0v) is 10.1. The van der Waals surface area contributed by atoms with Crippen molar-refractivity contribution in [1.82, 2.24) is 0 Å². The van der Waals surface area contributed by atoms with Crippen LogP contribution in [0.25, 0.3) is 6.08 Å². The Morgan fingerprint density at radius 1 is 1.39 bits per heavy atom. The topological polar surface area (TPSA) is 82.5 Å². The summed E-state index contributed by atoms with van der Waals surface area (Å²) in [6.07, 6.45) is 4.80. The van der Waals surface area contributed by atoms with Gasteiger partial charge in [-0.2, -0.15) is 0 Å². The van der Waals surface area contributed by atoms with Gasteiger partial charge in [-0.15, -0.1) is 0 Å². The van der Waals surface area contributed by atoms with Crippen LogP contribution in [0.5, 0.6) is 0 Å². The SMILES string of the molecule is CC1(C)OC(=O)C(C(N)=O)=C1C=Cc1ccco1. The lowest BCUT2D eigenvalue weighted by Gasteiger charge is -2.18. The molecule has 94 valence electrons. The standard InChI is InChI=1S/C13H13NO4/c1-13(2)9(6-5-8-4-3-7-17-8)10(11(14)15)12(16)18-13/h3-7H,1-2H3,(H2,14,15). The minimum Gasteiger partial charge on any atom is -0.465 e. The quantitative estimate of drug-likeness (QED) is 0.646. The first-order chi connectivity index (χ1) is 8.42. The number of hydrogen-bond acceptors (Lipinski definition) is 4. The van der Waals surface area contributed by atoms with Gasteiger partial charge < -0.3 is 14.9 Å². The summed E-state index contributed by atoms with van der Waals surface area (Å²) in [6.45, 7) is 3.39. The van der Waals surface area contributed by atoms with Crippen LogP contribution in [0.1, 0.15) is 19.6 Å². The van der Waals surface area contributed by atoms with Crippen LogP contribution in [0.2, 0.25) is 0 Å². The van der Waals surface area contributed by atoms with Gasteiger partial charge in [-0.3, -0.25) is 4.79 Å². The molecule has 1 aliphatic rings. The Hall–Kier alpha value is -2.30. The molecule has 18 heavy (non-hydrogen) atoms. The predicted molar refractivity (Wildman–Crippen MR) is 64.1 cm³/mol. The maximum absolute atomic E-state index is 11.6. The van der Waals surface area contributed by atoms with Crippen LogP contribution in [0.4, 0.5) is 0 Å². The van der Waals surface area contributed by atoms with Crippen LogP contribution in [0, 0.1) is 0 Å². The number of furan rings is 1. The summed E-state index contributed by atoms with van der Waals surface area (Å²) >= 11 is 0. The first-order valence-corrected chi connectivity index (χ1v) is 5.41. The maximum Gasteiger partial charge on any atom is 0.345 e. The zero-order valence-electron chi connectivity index (χ0n) is 10.1. The van der Waals surface area contributed by atoms with Crippen LogP contribution in [-0.2, 0) is 14.3 Å². The highest BCUT2D eigenvalue weighted by Crippen LogP contribution is 2.33. The molecule has 0 aromatic carbocycles. The van der Waals surface area contributed by atoms with Gasteiger partial charge in [0.1, 0.15) is 16.9 Å². The molecule has 0 radical (unpaired) electrons. The molecule has 0 unspecified atom stereocenters. The lowest BCUT2D eigenvalue weighted by Crippen LogP contribution is -2.22. The molecule has 0 fully saturated rings. The van der Waals surface area contributed by atoms with Crippen LogP contribution in [-0.4, -0.2) is 17.5 Å². The van der Waals surface area contributed by atoms with Crippen molar-refractivity contribution in [2.24, 2.45) is 5.73 Å². The van der Waals surface area contributed by atoms with Gasteiger partial charge in [-0.25, -0.2) is 4.79 Å². The van der Waals surface area contributed by atoms with Crippen LogP contribution >= 0.6 is 0 Å². The molecular weight excluding hydrogens is 234 g/mol. The van der Waals surface area contributed by atoms with Gasteiger partial charge in [-0.1, -0.05) is 6.08 Å². The number of rotatable bonds is 3. The van der Waals surface area contributed by atoms with E-state index in [1.165, 1.54) is 6.26 Å². The van der Waals surface area contributed by atoms with Gasteiger partial charge >= 0.3 is 5.97 Å². The Morgan fingerprint density at radius 2 is 2.11 bits per heavy atom. The van der Waals surface area contributed by atoms with Gasteiger partial charge in [0.15, 0.2) is 0 Å². The van der Waals surface area contributed by atoms with E-state index < -0.39 is 17.5 Å². The van der Waals surface area contributed by atoms with E-state index in [0.29, 0.717) is 11.3 Å². The van der Waals surface area contributed by atoms with E-state index in [4.69, 9.17) is 14.9 Å². The fraction of sp³-hybridized carbons (Fsp3) is 0.231. The van der Waals surface area contributed by atoms with E-state index in [-0.39, 0.29) is 5.57 Å². The summed E-state index contributed by atoms with van der Waals surface area (Å²) in [5.41, 5.74) is 4.67. The molecule has 5 nitrogen and oxygen atoms in total. The lowest BCUT2D eigenvalue weighted by atomic mass is 9.95. The van der Waals surface area contributed by atoms with Crippen LogP contribution in [0.3, 0.4) is 0 Å². The monoisotopic (exact) mass is 247 g/mol. The molecule has 1 aromatic rings. The van der Waals surface area contributed by atoms with E-state index in [0.717, 1.165) is 0 Å². The Balaban J connectivity index is 2.43. The van der Waals surface area contributed by atoms with Crippen LogP contribution in [0.15, 0.2) is 40.0 Å². The number of nitrogens with two attached hydrogens (primary N) is 1. The Kier molecular flexibility index (Phi) is 2.82. The number of cyclic esters (lactones) is 1. The molecule has 2 rings (SSSR count). The number of amides is 1. The fourth-order valence-electron chi connectivity index (χ4n) is 1.82. The summed E-state index contributed by atoms with van der Waals surface area (Å²) in [7, 11) is 0. The molecule has 0 spiro atoms. The van der Waals surface area contributed by atoms with Crippen molar-refractivity contribution in [1.29, 1.82) is 0 Å². The zero-order chi connectivity index (χ0) is 13.3. The highest BCUT2D eigenvalue weighted by Gasteiger charge is 2.41. The second-order valence-corrected chi connectivity index (χ2v) is 4.40. The van der Waals surface area contributed by atoms with Crippen molar-refractivity contribution in [3.05, 3.63) is 41.4 Å². The van der Waals surface area contributed by atoms with Gasteiger partial charge in [0.2, 0.25) is 0 Å². The Labute approximate surface area is 104 Å². The molecule has 0 aliphatic carbocycles. The number of esters is 1. The highest BCUT2D eigenvalue weighted by molar-refractivity contribution is 6.18. The molecule has 0 atom stereocenters. The first kappa shape index (κ1) is 12.2. The molecule has 2 heterocycles. The predicted octanol–water partition coefficient (Wildman–Crippen LogP) is 1.41. The molecule has 0 saturated heterocycles. The average Bonchev–Trinajstić information content (AvgIpc) is 2.80. The second-order valence-electron chi connectivity index (χ2n) is 4.40. The smallest absolute Gasteiger partial charge is 0.345 e. The van der Waals surface area contributed by atoms with Crippen molar-refractivity contribution >= 4 is 18.0 Å². The number of carbonyl (C=O) groups is 2. The number of primary amides is 1. The normalized spacial score (nSPS) is 18.4. The molecule has 5 heteroatoms. The molecule has 1 amide bonds.